The molecule has 0 amide bonds. The maximum atomic E-state index is 12.8. The van der Waals surface area contributed by atoms with Crippen LogP contribution in [0, 0.1) is 5.95 Å². The zero-order chi connectivity index (χ0) is 13.2. The van der Waals surface area contributed by atoms with Gasteiger partial charge >= 0.3 is 0 Å². The first-order valence-corrected chi connectivity index (χ1v) is 6.60. The largest absolute Gasteiger partial charge is 0.264 e. The summed E-state index contributed by atoms with van der Waals surface area (Å²) < 4.78 is 38.7. The maximum Gasteiger partial charge on any atom is 0.264 e. The van der Waals surface area contributed by atoms with E-state index in [0.29, 0.717) is 0 Å². The Bertz CT molecular complexity index is 661. The fraction of sp³-hybridized carbons (Fsp3) is 0. The summed E-state index contributed by atoms with van der Waals surface area (Å²) in [6, 6.07) is 6.43. The smallest absolute Gasteiger partial charge is 0.263 e. The number of sulfonamides is 1. The van der Waals surface area contributed by atoms with E-state index in [1.54, 1.807) is 0 Å². The molecule has 94 valence electrons. The normalized spacial score (nSPS) is 11.2. The number of halogens is 2. The number of anilines is 1. The molecule has 0 saturated carbocycles. The van der Waals surface area contributed by atoms with Crippen LogP contribution in [0.3, 0.4) is 0 Å². The summed E-state index contributed by atoms with van der Waals surface area (Å²) in [5.41, 5.74) is 0. The van der Waals surface area contributed by atoms with Crippen LogP contribution < -0.4 is 4.72 Å². The Hall–Kier alpha value is -1.73. The Kier molecular flexibility index (Phi) is 3.44. The molecule has 2 heterocycles. The fourth-order valence-corrected chi connectivity index (χ4v) is 2.24. The highest BCUT2D eigenvalue weighted by Crippen LogP contribution is 2.15. The fourth-order valence-electron chi connectivity index (χ4n) is 1.18. The SMILES string of the molecule is O=S(=O)(Nc1cccc(F)n1)c1ccc(Cl)nc1. The molecule has 0 spiro atoms. The van der Waals surface area contributed by atoms with Crippen molar-refractivity contribution < 1.29 is 12.8 Å². The third-order valence-corrected chi connectivity index (χ3v) is 3.53. The highest BCUT2D eigenvalue weighted by atomic mass is 35.5. The third kappa shape index (κ3) is 2.93. The lowest BCUT2D eigenvalue weighted by Crippen LogP contribution is -2.14. The third-order valence-electron chi connectivity index (χ3n) is 1.96. The predicted octanol–water partition coefficient (Wildman–Crippen LogP) is 2.07. The van der Waals surface area contributed by atoms with Crippen LogP contribution in [0.25, 0.3) is 0 Å². The Balaban J connectivity index is 2.30. The van der Waals surface area contributed by atoms with E-state index in [1.165, 1.54) is 24.3 Å². The molecule has 0 aromatic carbocycles. The number of nitrogens with one attached hydrogen (secondary N) is 1. The van der Waals surface area contributed by atoms with Crippen LogP contribution >= 0.6 is 11.6 Å². The lowest BCUT2D eigenvalue weighted by molar-refractivity contribution is 0.584. The monoisotopic (exact) mass is 287 g/mol. The van der Waals surface area contributed by atoms with Crippen molar-refractivity contribution in [3.63, 3.8) is 0 Å². The Morgan fingerprint density at radius 2 is 2.00 bits per heavy atom. The van der Waals surface area contributed by atoms with E-state index in [9.17, 15) is 12.8 Å². The molecular formula is C10H7ClFN3O2S. The van der Waals surface area contributed by atoms with Crippen molar-refractivity contribution in [3.8, 4) is 0 Å². The Morgan fingerprint density at radius 3 is 2.61 bits per heavy atom. The Morgan fingerprint density at radius 1 is 1.22 bits per heavy atom. The molecule has 0 fully saturated rings. The average molecular weight is 288 g/mol. The van der Waals surface area contributed by atoms with Gasteiger partial charge in [0.15, 0.2) is 0 Å². The van der Waals surface area contributed by atoms with Crippen molar-refractivity contribution in [1.29, 1.82) is 0 Å². The van der Waals surface area contributed by atoms with Gasteiger partial charge in [-0.05, 0) is 24.3 Å². The summed E-state index contributed by atoms with van der Waals surface area (Å²) in [6.07, 6.45) is 1.10. The van der Waals surface area contributed by atoms with Gasteiger partial charge in [-0.1, -0.05) is 17.7 Å². The number of hydrogen-bond donors (Lipinski definition) is 1. The van der Waals surface area contributed by atoms with E-state index >= 15 is 0 Å². The van der Waals surface area contributed by atoms with Gasteiger partial charge in [0, 0.05) is 6.20 Å². The molecule has 0 aliphatic carbocycles. The van der Waals surface area contributed by atoms with Crippen molar-refractivity contribution in [2.75, 3.05) is 4.72 Å². The summed E-state index contributed by atoms with van der Waals surface area (Å²) in [6.45, 7) is 0. The van der Waals surface area contributed by atoms with Gasteiger partial charge in [-0.25, -0.2) is 18.4 Å². The van der Waals surface area contributed by atoms with Crippen LogP contribution in [0.2, 0.25) is 5.15 Å². The first-order chi connectivity index (χ1) is 8.47. The average Bonchev–Trinajstić information content (AvgIpc) is 2.29. The molecule has 8 heteroatoms. The minimum absolute atomic E-state index is 0.0852. The standard InChI is InChI=1S/C10H7ClFN3O2S/c11-8-5-4-7(6-13-8)18(16,17)15-10-3-1-2-9(12)14-10/h1-6H,(H,14,15). The molecule has 0 aliphatic heterocycles. The summed E-state index contributed by atoms with van der Waals surface area (Å²) in [7, 11) is -3.85. The van der Waals surface area contributed by atoms with E-state index in [1.807, 2.05) is 0 Å². The molecule has 0 radical (unpaired) electrons. The maximum absolute atomic E-state index is 12.8. The van der Waals surface area contributed by atoms with E-state index < -0.39 is 16.0 Å². The van der Waals surface area contributed by atoms with Gasteiger partial charge in [-0.15, -0.1) is 0 Å². The van der Waals surface area contributed by atoms with Crippen molar-refractivity contribution in [2.24, 2.45) is 0 Å². The van der Waals surface area contributed by atoms with Crippen LogP contribution in [-0.2, 0) is 10.0 Å². The highest BCUT2D eigenvalue weighted by molar-refractivity contribution is 7.92. The van der Waals surface area contributed by atoms with Crippen molar-refractivity contribution >= 4 is 27.4 Å². The highest BCUT2D eigenvalue weighted by Gasteiger charge is 2.15. The van der Waals surface area contributed by atoms with E-state index in [2.05, 4.69) is 14.7 Å². The summed E-state index contributed by atoms with van der Waals surface area (Å²) in [5.74, 6) is -0.880. The molecule has 0 saturated heterocycles. The number of pyridine rings is 2. The van der Waals surface area contributed by atoms with Gasteiger partial charge in [0.1, 0.15) is 15.9 Å². The Labute approximate surface area is 108 Å². The van der Waals surface area contributed by atoms with Crippen LogP contribution in [-0.4, -0.2) is 18.4 Å². The lowest BCUT2D eigenvalue weighted by Gasteiger charge is -2.06. The molecule has 0 atom stereocenters. The topological polar surface area (TPSA) is 72.0 Å². The molecule has 2 aromatic rings. The number of aromatic nitrogens is 2. The second-order valence-electron chi connectivity index (χ2n) is 3.27. The number of rotatable bonds is 3. The number of nitrogens with zero attached hydrogens (tertiary/aromatic N) is 2. The molecule has 0 unspecified atom stereocenters. The van der Waals surface area contributed by atoms with Crippen LogP contribution in [0.5, 0.6) is 0 Å². The van der Waals surface area contributed by atoms with Crippen molar-refractivity contribution in [3.05, 3.63) is 47.6 Å². The molecule has 18 heavy (non-hydrogen) atoms. The van der Waals surface area contributed by atoms with E-state index in [4.69, 9.17) is 11.6 Å². The molecule has 1 N–H and O–H groups in total. The van der Waals surface area contributed by atoms with Gasteiger partial charge in [-0.2, -0.15) is 4.39 Å². The molecule has 0 aliphatic rings. The number of hydrogen-bond acceptors (Lipinski definition) is 4. The minimum atomic E-state index is -3.85. The van der Waals surface area contributed by atoms with Crippen LogP contribution in [0.4, 0.5) is 10.2 Å². The van der Waals surface area contributed by atoms with Crippen molar-refractivity contribution in [1.82, 2.24) is 9.97 Å². The van der Waals surface area contributed by atoms with Gasteiger partial charge in [-0.3, -0.25) is 4.72 Å². The second kappa shape index (κ2) is 4.87. The molecule has 0 bridgehead atoms. The van der Waals surface area contributed by atoms with Gasteiger partial charge in [0.25, 0.3) is 10.0 Å². The second-order valence-corrected chi connectivity index (χ2v) is 5.34. The quantitative estimate of drug-likeness (QED) is 0.877. The molecule has 5 nitrogen and oxygen atoms in total. The van der Waals surface area contributed by atoms with E-state index in [0.717, 1.165) is 12.3 Å². The van der Waals surface area contributed by atoms with Crippen LogP contribution in [0.1, 0.15) is 0 Å². The van der Waals surface area contributed by atoms with Gasteiger partial charge < -0.3 is 0 Å². The zero-order valence-corrected chi connectivity index (χ0v) is 10.4. The van der Waals surface area contributed by atoms with Gasteiger partial charge in [0.2, 0.25) is 5.95 Å². The van der Waals surface area contributed by atoms with E-state index in [-0.39, 0.29) is 15.9 Å². The zero-order valence-electron chi connectivity index (χ0n) is 8.84. The predicted molar refractivity (Wildman–Crippen MR) is 64.3 cm³/mol. The summed E-state index contributed by atoms with van der Waals surface area (Å²) in [4.78, 5) is 6.97. The first kappa shape index (κ1) is 12.7. The molecule has 2 rings (SSSR count). The van der Waals surface area contributed by atoms with Crippen LogP contribution in [0.15, 0.2) is 41.4 Å². The molecular weight excluding hydrogens is 281 g/mol. The minimum Gasteiger partial charge on any atom is -0.263 e. The lowest BCUT2D eigenvalue weighted by atomic mass is 10.5. The summed E-state index contributed by atoms with van der Waals surface area (Å²) in [5, 5.41) is 0.179. The van der Waals surface area contributed by atoms with Gasteiger partial charge in [0.05, 0.1) is 0 Å². The van der Waals surface area contributed by atoms with Crippen molar-refractivity contribution in [2.45, 2.75) is 4.90 Å². The summed E-state index contributed by atoms with van der Waals surface area (Å²) >= 11 is 5.55. The molecule has 2 aromatic heterocycles. The first-order valence-electron chi connectivity index (χ1n) is 4.74.